The fourth-order valence-electron chi connectivity index (χ4n) is 3.46. The first-order chi connectivity index (χ1) is 14.0. The summed E-state index contributed by atoms with van der Waals surface area (Å²) in [6.45, 7) is 1.46. The lowest BCUT2D eigenvalue weighted by Crippen LogP contribution is -2.05. The van der Waals surface area contributed by atoms with Crippen LogP contribution < -0.4 is 9.47 Å². The normalized spacial score (nSPS) is 11.2. The Morgan fingerprint density at radius 2 is 1.69 bits per heavy atom. The van der Waals surface area contributed by atoms with Crippen LogP contribution in [0.5, 0.6) is 11.5 Å². The second-order valence-corrected chi connectivity index (χ2v) is 6.91. The van der Waals surface area contributed by atoms with Crippen molar-refractivity contribution in [1.82, 2.24) is 0 Å². The van der Waals surface area contributed by atoms with Crippen molar-refractivity contribution in [2.75, 3.05) is 6.61 Å². The number of rotatable bonds is 9. The second kappa shape index (κ2) is 9.68. The average molecular weight is 402 g/mol. The summed E-state index contributed by atoms with van der Waals surface area (Å²) >= 11 is 0. The van der Waals surface area contributed by atoms with Gasteiger partial charge in [0.25, 0.3) is 0 Å². The van der Waals surface area contributed by atoms with Crippen molar-refractivity contribution in [3.63, 3.8) is 0 Å². The van der Waals surface area contributed by atoms with Gasteiger partial charge in [-0.05, 0) is 54.5 Å². The molecule has 0 radical (unpaired) electrons. The van der Waals surface area contributed by atoms with E-state index >= 15 is 4.39 Å². The topological polar surface area (TPSA) is 18.5 Å². The second-order valence-electron chi connectivity index (χ2n) is 6.91. The maximum atomic E-state index is 15.4. The zero-order chi connectivity index (χ0) is 20.8. The first kappa shape index (κ1) is 21.0. The van der Waals surface area contributed by atoms with E-state index in [1.165, 1.54) is 6.07 Å². The smallest absolute Gasteiger partial charge is 0.387 e. The molecule has 0 N–H and O–H groups in total. The lowest BCUT2D eigenvalue weighted by molar-refractivity contribution is -0.0494. The SMILES string of the molecule is CCCCCc1ccc2c(F)c(-c3ccc(OCC)cc3)c(OC(F)F)cc2c1. The predicted molar refractivity (Wildman–Crippen MR) is 110 cm³/mol. The minimum atomic E-state index is -3.04. The van der Waals surface area contributed by atoms with Gasteiger partial charge in [0, 0.05) is 5.39 Å². The number of benzene rings is 3. The van der Waals surface area contributed by atoms with Crippen LogP contribution in [-0.2, 0) is 6.42 Å². The Morgan fingerprint density at radius 1 is 0.931 bits per heavy atom. The Kier molecular flexibility index (Phi) is 7.02. The third-order valence-electron chi connectivity index (χ3n) is 4.84. The van der Waals surface area contributed by atoms with E-state index in [2.05, 4.69) is 6.92 Å². The lowest BCUT2D eigenvalue weighted by Gasteiger charge is -2.15. The summed E-state index contributed by atoms with van der Waals surface area (Å²) in [4.78, 5) is 0. The van der Waals surface area contributed by atoms with E-state index in [-0.39, 0.29) is 11.3 Å². The molecule has 5 heteroatoms. The van der Waals surface area contributed by atoms with E-state index in [0.29, 0.717) is 28.7 Å². The summed E-state index contributed by atoms with van der Waals surface area (Å²) in [6, 6.07) is 13.6. The molecule has 0 bridgehead atoms. The van der Waals surface area contributed by atoms with Gasteiger partial charge in [-0.15, -0.1) is 0 Å². The van der Waals surface area contributed by atoms with Crippen LogP contribution >= 0.6 is 0 Å². The van der Waals surface area contributed by atoms with E-state index in [9.17, 15) is 8.78 Å². The average Bonchev–Trinajstić information content (AvgIpc) is 2.69. The monoisotopic (exact) mass is 402 g/mol. The minimum Gasteiger partial charge on any atom is -0.494 e. The first-order valence-electron chi connectivity index (χ1n) is 9.96. The van der Waals surface area contributed by atoms with E-state index in [1.54, 1.807) is 30.3 Å². The Labute approximate surface area is 169 Å². The van der Waals surface area contributed by atoms with Crippen LogP contribution in [0.25, 0.3) is 21.9 Å². The molecule has 0 aliphatic heterocycles. The van der Waals surface area contributed by atoms with Crippen molar-refractivity contribution in [2.24, 2.45) is 0 Å². The summed E-state index contributed by atoms with van der Waals surface area (Å²) < 4.78 is 51.6. The molecular weight excluding hydrogens is 377 g/mol. The van der Waals surface area contributed by atoms with E-state index in [4.69, 9.17) is 9.47 Å². The fraction of sp³-hybridized carbons (Fsp3) is 0.333. The van der Waals surface area contributed by atoms with Gasteiger partial charge in [0.2, 0.25) is 0 Å². The Balaban J connectivity index is 2.07. The highest BCUT2D eigenvalue weighted by molar-refractivity contribution is 5.92. The van der Waals surface area contributed by atoms with Gasteiger partial charge in [-0.2, -0.15) is 8.78 Å². The molecule has 0 fully saturated rings. The van der Waals surface area contributed by atoms with Gasteiger partial charge in [-0.1, -0.05) is 50.1 Å². The number of unbranched alkanes of at least 4 members (excludes halogenated alkanes) is 2. The maximum absolute atomic E-state index is 15.4. The standard InChI is InChI=1S/C24H25F3O2/c1-3-5-6-7-16-8-13-20-18(14-16)15-21(29-24(26)27)22(23(20)25)17-9-11-19(12-10-17)28-4-2/h8-15,24H,3-7H2,1-2H3. The van der Waals surface area contributed by atoms with Gasteiger partial charge in [0.1, 0.15) is 17.3 Å². The molecule has 0 saturated heterocycles. The molecule has 0 atom stereocenters. The molecule has 0 aliphatic rings. The Morgan fingerprint density at radius 3 is 2.34 bits per heavy atom. The molecule has 3 aromatic rings. The van der Waals surface area contributed by atoms with Crippen LogP contribution in [0.1, 0.15) is 38.7 Å². The Hall–Kier alpha value is -2.69. The van der Waals surface area contributed by atoms with E-state index in [0.717, 1.165) is 31.2 Å². The van der Waals surface area contributed by atoms with Crippen molar-refractivity contribution in [1.29, 1.82) is 0 Å². The van der Waals surface area contributed by atoms with Crippen LogP contribution in [0.2, 0.25) is 0 Å². The molecule has 3 rings (SSSR count). The van der Waals surface area contributed by atoms with Crippen LogP contribution in [0.4, 0.5) is 13.2 Å². The van der Waals surface area contributed by atoms with Gasteiger partial charge >= 0.3 is 6.61 Å². The van der Waals surface area contributed by atoms with Gasteiger partial charge in [0.05, 0.1) is 12.2 Å². The summed E-state index contributed by atoms with van der Waals surface area (Å²) in [5.41, 5.74) is 1.54. The van der Waals surface area contributed by atoms with Crippen LogP contribution in [0, 0.1) is 5.82 Å². The molecule has 0 aromatic heterocycles. The molecule has 2 nitrogen and oxygen atoms in total. The van der Waals surface area contributed by atoms with Crippen molar-refractivity contribution < 1.29 is 22.6 Å². The largest absolute Gasteiger partial charge is 0.494 e. The molecular formula is C24H25F3O2. The number of halogens is 3. The minimum absolute atomic E-state index is 0.0274. The van der Waals surface area contributed by atoms with Gasteiger partial charge in [-0.25, -0.2) is 4.39 Å². The highest BCUT2D eigenvalue weighted by Crippen LogP contribution is 2.39. The van der Waals surface area contributed by atoms with E-state index < -0.39 is 12.4 Å². The maximum Gasteiger partial charge on any atom is 0.387 e. The van der Waals surface area contributed by atoms with Crippen molar-refractivity contribution in [3.05, 3.63) is 59.9 Å². The van der Waals surface area contributed by atoms with Crippen molar-refractivity contribution >= 4 is 10.8 Å². The molecule has 0 heterocycles. The molecule has 0 spiro atoms. The van der Waals surface area contributed by atoms with Gasteiger partial charge in [-0.3, -0.25) is 0 Å². The van der Waals surface area contributed by atoms with Gasteiger partial charge in [0.15, 0.2) is 0 Å². The highest BCUT2D eigenvalue weighted by Gasteiger charge is 2.19. The number of ether oxygens (including phenoxy) is 2. The number of hydrogen-bond donors (Lipinski definition) is 0. The quantitative estimate of drug-likeness (QED) is 0.348. The summed E-state index contributed by atoms with van der Waals surface area (Å²) in [5.74, 6) is -0.104. The summed E-state index contributed by atoms with van der Waals surface area (Å²) in [6.07, 6.45) is 4.13. The fourth-order valence-corrected chi connectivity index (χ4v) is 3.46. The van der Waals surface area contributed by atoms with Crippen LogP contribution in [0.15, 0.2) is 48.5 Å². The van der Waals surface area contributed by atoms with Crippen molar-refractivity contribution in [2.45, 2.75) is 46.1 Å². The van der Waals surface area contributed by atoms with E-state index in [1.807, 2.05) is 19.1 Å². The van der Waals surface area contributed by atoms with Crippen LogP contribution in [0.3, 0.4) is 0 Å². The van der Waals surface area contributed by atoms with Crippen LogP contribution in [-0.4, -0.2) is 13.2 Å². The summed E-state index contributed by atoms with van der Waals surface area (Å²) in [5, 5.41) is 0.941. The number of hydrogen-bond acceptors (Lipinski definition) is 2. The third-order valence-corrected chi connectivity index (χ3v) is 4.84. The van der Waals surface area contributed by atoms with Gasteiger partial charge < -0.3 is 9.47 Å². The molecule has 154 valence electrons. The Bertz CT molecular complexity index is 952. The number of fused-ring (bicyclic) bond motifs is 1. The molecule has 0 saturated carbocycles. The zero-order valence-electron chi connectivity index (χ0n) is 16.7. The molecule has 0 amide bonds. The number of alkyl halides is 2. The molecule has 0 unspecified atom stereocenters. The summed E-state index contributed by atoms with van der Waals surface area (Å²) in [7, 11) is 0. The molecule has 29 heavy (non-hydrogen) atoms. The zero-order valence-corrected chi connectivity index (χ0v) is 16.7. The molecule has 3 aromatic carbocycles. The highest BCUT2D eigenvalue weighted by atomic mass is 19.3. The lowest BCUT2D eigenvalue weighted by atomic mass is 9.96. The first-order valence-corrected chi connectivity index (χ1v) is 9.96. The predicted octanol–water partition coefficient (Wildman–Crippen LogP) is 7.38. The third kappa shape index (κ3) is 5.03. The molecule has 0 aliphatic carbocycles. The number of aryl methyl sites for hydroxylation is 1. The van der Waals surface area contributed by atoms with Crippen molar-refractivity contribution in [3.8, 4) is 22.6 Å².